The second kappa shape index (κ2) is 8.11. The number of fused-ring (bicyclic) bond motifs is 2. The number of aromatic nitrogens is 2. The van der Waals surface area contributed by atoms with E-state index in [1.165, 1.54) is 18.2 Å². The van der Waals surface area contributed by atoms with Crippen molar-refractivity contribution >= 4 is 23.2 Å². The zero-order valence-corrected chi connectivity index (χ0v) is 17.0. The van der Waals surface area contributed by atoms with Gasteiger partial charge < -0.3 is 14.8 Å². The molecule has 5 rings (SSSR count). The number of amides is 2. The van der Waals surface area contributed by atoms with Crippen LogP contribution in [0, 0.1) is 5.82 Å². The number of nitrogens with zero attached hydrogens (tertiary/aromatic N) is 3. The lowest BCUT2D eigenvalue weighted by molar-refractivity contribution is 0.0983. The molecule has 0 atom stereocenters. The molecule has 32 heavy (non-hydrogen) atoms. The number of benzene rings is 3. The molecule has 1 N–H and O–H groups in total. The van der Waals surface area contributed by atoms with Crippen LogP contribution >= 0.6 is 0 Å². The van der Waals surface area contributed by atoms with Crippen LogP contribution < -0.4 is 10.2 Å². The van der Waals surface area contributed by atoms with Gasteiger partial charge in [-0.05, 0) is 48.0 Å². The number of rotatable bonds is 3. The van der Waals surface area contributed by atoms with E-state index in [0.29, 0.717) is 24.3 Å². The van der Waals surface area contributed by atoms with Gasteiger partial charge in [0.2, 0.25) is 0 Å². The topological polar surface area (TPSA) is 67.2 Å². The van der Waals surface area contributed by atoms with Gasteiger partial charge in [-0.15, -0.1) is 0 Å². The predicted octanol–water partition coefficient (Wildman–Crippen LogP) is 4.48. The van der Waals surface area contributed by atoms with Crippen molar-refractivity contribution < 1.29 is 14.0 Å². The Hall–Kier alpha value is -4.26. The molecular formula is C25H19FN4O2. The molecule has 0 saturated carbocycles. The van der Waals surface area contributed by atoms with Gasteiger partial charge in [-0.1, -0.05) is 30.3 Å². The van der Waals surface area contributed by atoms with Gasteiger partial charge in [0.15, 0.2) is 0 Å². The maximum absolute atomic E-state index is 13.8. The second-order valence-electron chi connectivity index (χ2n) is 7.50. The van der Waals surface area contributed by atoms with Crippen LogP contribution in [0.3, 0.4) is 0 Å². The van der Waals surface area contributed by atoms with Gasteiger partial charge in [0.25, 0.3) is 11.8 Å². The molecule has 0 bridgehead atoms. The largest absolute Gasteiger partial charge is 0.329 e. The molecule has 2 heterocycles. The van der Waals surface area contributed by atoms with Crippen LogP contribution in [0.5, 0.6) is 0 Å². The van der Waals surface area contributed by atoms with E-state index < -0.39 is 11.7 Å². The minimum Gasteiger partial charge on any atom is -0.329 e. The maximum atomic E-state index is 13.8. The van der Waals surface area contributed by atoms with Crippen molar-refractivity contribution in [1.29, 1.82) is 0 Å². The molecule has 4 aromatic rings. The number of carbonyl (C=O) groups excluding carboxylic acids is 2. The Bertz CT molecular complexity index is 1310. The summed E-state index contributed by atoms with van der Waals surface area (Å²) in [6, 6.07) is 20.2. The fourth-order valence-corrected chi connectivity index (χ4v) is 3.83. The van der Waals surface area contributed by atoms with Crippen LogP contribution in [0.15, 0.2) is 85.2 Å². The van der Waals surface area contributed by atoms with Crippen molar-refractivity contribution in [2.24, 2.45) is 0 Å². The van der Waals surface area contributed by atoms with Crippen LogP contribution in [0.25, 0.3) is 0 Å². The highest BCUT2D eigenvalue weighted by Crippen LogP contribution is 2.28. The molecule has 158 valence electrons. The standard InChI is InChI=1S/C25H19FN4O2/c26-21-7-3-2-6-20(21)24(31)28-19-11-9-17(10-12-19)25(32)30-16-23-27-13-14-29(23)15-18-5-1-4-8-22(18)30/h1-14H,15-16H2,(H,28,31). The van der Waals surface area contributed by atoms with Gasteiger partial charge in [0.05, 0.1) is 18.7 Å². The highest BCUT2D eigenvalue weighted by Gasteiger charge is 2.25. The van der Waals surface area contributed by atoms with Crippen LogP contribution in [0.2, 0.25) is 0 Å². The molecule has 1 aliphatic rings. The fourth-order valence-electron chi connectivity index (χ4n) is 3.83. The van der Waals surface area contributed by atoms with Crippen molar-refractivity contribution in [3.05, 3.63) is 114 Å². The van der Waals surface area contributed by atoms with Crippen molar-refractivity contribution in [3.63, 3.8) is 0 Å². The second-order valence-corrected chi connectivity index (χ2v) is 7.50. The molecule has 0 radical (unpaired) electrons. The minimum absolute atomic E-state index is 0.0377. The van der Waals surface area contributed by atoms with Crippen molar-refractivity contribution in [3.8, 4) is 0 Å². The first-order chi connectivity index (χ1) is 15.6. The summed E-state index contributed by atoms with van der Waals surface area (Å²) in [5, 5.41) is 2.66. The molecule has 0 spiro atoms. The van der Waals surface area contributed by atoms with Crippen molar-refractivity contribution in [1.82, 2.24) is 9.55 Å². The Labute approximate surface area is 183 Å². The number of hydrogen-bond donors (Lipinski definition) is 1. The number of anilines is 2. The third kappa shape index (κ3) is 3.65. The molecule has 0 saturated heterocycles. The summed E-state index contributed by atoms with van der Waals surface area (Å²) in [4.78, 5) is 31.8. The molecule has 1 aliphatic heterocycles. The van der Waals surface area contributed by atoms with Gasteiger partial charge in [-0.3, -0.25) is 9.59 Å². The normalized spacial score (nSPS) is 12.5. The smallest absolute Gasteiger partial charge is 0.258 e. The number of carbonyl (C=O) groups is 2. The van der Waals surface area contributed by atoms with E-state index in [2.05, 4.69) is 10.3 Å². The van der Waals surface area contributed by atoms with Gasteiger partial charge in [0.1, 0.15) is 11.6 Å². The molecular weight excluding hydrogens is 407 g/mol. The zero-order valence-electron chi connectivity index (χ0n) is 17.0. The summed E-state index contributed by atoms with van der Waals surface area (Å²) in [6.45, 7) is 1.00. The Morgan fingerprint density at radius 3 is 2.47 bits per heavy atom. The Morgan fingerprint density at radius 2 is 1.66 bits per heavy atom. The maximum Gasteiger partial charge on any atom is 0.258 e. The van der Waals surface area contributed by atoms with E-state index in [-0.39, 0.29) is 11.5 Å². The predicted molar refractivity (Wildman–Crippen MR) is 119 cm³/mol. The van der Waals surface area contributed by atoms with Crippen molar-refractivity contribution in [2.45, 2.75) is 13.1 Å². The summed E-state index contributed by atoms with van der Waals surface area (Å²) in [6.07, 6.45) is 3.64. The summed E-state index contributed by atoms with van der Waals surface area (Å²) < 4.78 is 15.9. The molecule has 0 aliphatic carbocycles. The first kappa shape index (κ1) is 19.7. The van der Waals surface area contributed by atoms with E-state index in [9.17, 15) is 14.0 Å². The van der Waals surface area contributed by atoms with E-state index in [4.69, 9.17) is 0 Å². The van der Waals surface area contributed by atoms with Gasteiger partial charge >= 0.3 is 0 Å². The van der Waals surface area contributed by atoms with E-state index in [1.807, 2.05) is 35.0 Å². The highest BCUT2D eigenvalue weighted by molar-refractivity contribution is 6.07. The quantitative estimate of drug-likeness (QED) is 0.525. The number of nitrogens with one attached hydrogen (secondary N) is 1. The molecule has 2 amide bonds. The van der Waals surface area contributed by atoms with Crippen molar-refractivity contribution in [2.75, 3.05) is 10.2 Å². The first-order valence-electron chi connectivity index (χ1n) is 10.2. The summed E-state index contributed by atoms with van der Waals surface area (Å²) in [5.74, 6) is -0.491. The third-order valence-corrected chi connectivity index (χ3v) is 5.48. The van der Waals surface area contributed by atoms with E-state index in [1.54, 1.807) is 41.4 Å². The molecule has 3 aromatic carbocycles. The van der Waals surface area contributed by atoms with Gasteiger partial charge in [0, 0.05) is 29.3 Å². The summed E-state index contributed by atoms with van der Waals surface area (Å²) in [7, 11) is 0. The molecule has 7 heteroatoms. The molecule has 0 fully saturated rings. The lowest BCUT2D eigenvalue weighted by Crippen LogP contribution is -2.30. The van der Waals surface area contributed by atoms with Gasteiger partial charge in [-0.2, -0.15) is 0 Å². The van der Waals surface area contributed by atoms with Crippen LogP contribution in [0.1, 0.15) is 32.1 Å². The summed E-state index contributed by atoms with van der Waals surface area (Å²) in [5.41, 5.74) is 2.79. The minimum atomic E-state index is -0.588. The van der Waals surface area contributed by atoms with Crippen LogP contribution in [0.4, 0.5) is 15.8 Å². The molecule has 0 unspecified atom stereocenters. The van der Waals surface area contributed by atoms with Crippen LogP contribution in [-0.2, 0) is 13.1 Å². The Morgan fingerprint density at radius 1 is 0.906 bits per heavy atom. The Kier molecular flexibility index (Phi) is 4.99. The van der Waals surface area contributed by atoms with E-state index >= 15 is 0 Å². The SMILES string of the molecule is O=C(Nc1ccc(C(=O)N2Cc3nccn3Cc3ccccc32)cc1)c1ccccc1F. The highest BCUT2D eigenvalue weighted by atomic mass is 19.1. The number of imidazole rings is 1. The summed E-state index contributed by atoms with van der Waals surface area (Å²) >= 11 is 0. The average Bonchev–Trinajstić information content (AvgIpc) is 3.18. The first-order valence-corrected chi connectivity index (χ1v) is 10.2. The number of halogens is 1. The molecule has 1 aromatic heterocycles. The third-order valence-electron chi connectivity index (χ3n) is 5.48. The zero-order chi connectivity index (χ0) is 22.1. The lowest BCUT2D eigenvalue weighted by Gasteiger charge is -2.22. The van der Waals surface area contributed by atoms with E-state index in [0.717, 1.165) is 17.1 Å². The number of hydrogen-bond acceptors (Lipinski definition) is 3. The Balaban J connectivity index is 1.39. The molecule has 6 nitrogen and oxygen atoms in total. The van der Waals surface area contributed by atoms with Crippen LogP contribution in [-0.4, -0.2) is 21.4 Å². The van der Waals surface area contributed by atoms with Gasteiger partial charge in [-0.25, -0.2) is 9.37 Å². The lowest BCUT2D eigenvalue weighted by atomic mass is 10.1. The monoisotopic (exact) mass is 426 g/mol. The number of para-hydroxylation sites is 1. The average molecular weight is 426 g/mol. The fraction of sp³-hybridized carbons (Fsp3) is 0.0800.